The van der Waals surface area contributed by atoms with E-state index in [9.17, 15) is 9.59 Å². The second kappa shape index (κ2) is 9.59. The van der Waals surface area contributed by atoms with Crippen LogP contribution in [0.2, 0.25) is 0 Å². The number of benzene rings is 2. The van der Waals surface area contributed by atoms with Gasteiger partial charge >= 0.3 is 0 Å². The molecule has 2 aromatic rings. The average Bonchev–Trinajstić information content (AvgIpc) is 2.73. The van der Waals surface area contributed by atoms with Crippen LogP contribution in [0.15, 0.2) is 48.5 Å². The maximum atomic E-state index is 12.6. The molecule has 154 valence electrons. The van der Waals surface area contributed by atoms with E-state index in [2.05, 4.69) is 26.1 Å². The molecule has 0 radical (unpaired) electrons. The van der Waals surface area contributed by atoms with Crippen LogP contribution < -0.4 is 10.1 Å². The molecular formula is C24H30N2O3. The van der Waals surface area contributed by atoms with Gasteiger partial charge in [-0.25, -0.2) is 0 Å². The predicted molar refractivity (Wildman–Crippen MR) is 115 cm³/mol. The van der Waals surface area contributed by atoms with Crippen molar-refractivity contribution in [2.24, 2.45) is 0 Å². The van der Waals surface area contributed by atoms with Crippen molar-refractivity contribution in [1.29, 1.82) is 0 Å². The van der Waals surface area contributed by atoms with E-state index in [-0.39, 0.29) is 30.5 Å². The summed E-state index contributed by atoms with van der Waals surface area (Å²) in [6.45, 7) is 6.27. The topological polar surface area (TPSA) is 58.6 Å². The minimum absolute atomic E-state index is 0.0164. The van der Waals surface area contributed by atoms with E-state index in [4.69, 9.17) is 4.74 Å². The number of rotatable bonds is 6. The van der Waals surface area contributed by atoms with Crippen LogP contribution in [-0.2, 0) is 11.2 Å². The van der Waals surface area contributed by atoms with Crippen molar-refractivity contribution in [3.05, 3.63) is 59.7 Å². The molecule has 0 saturated carbocycles. The molecule has 3 rings (SSSR count). The predicted octanol–water partition coefficient (Wildman–Crippen LogP) is 4.67. The zero-order chi connectivity index (χ0) is 20.8. The fraction of sp³-hybridized carbons (Fsp3) is 0.417. The van der Waals surface area contributed by atoms with Gasteiger partial charge in [-0.2, -0.15) is 0 Å². The Labute approximate surface area is 173 Å². The van der Waals surface area contributed by atoms with E-state index >= 15 is 0 Å². The molecule has 1 saturated heterocycles. The van der Waals surface area contributed by atoms with Gasteiger partial charge in [0.25, 0.3) is 11.8 Å². The first-order chi connectivity index (χ1) is 14.0. The number of anilines is 1. The lowest BCUT2D eigenvalue weighted by atomic mass is 9.97. The number of piperidine rings is 1. The van der Waals surface area contributed by atoms with Crippen LogP contribution >= 0.6 is 0 Å². The number of carbonyl (C=O) groups is 2. The summed E-state index contributed by atoms with van der Waals surface area (Å²) < 4.78 is 5.68. The molecule has 1 N–H and O–H groups in total. The van der Waals surface area contributed by atoms with E-state index in [1.165, 1.54) is 6.42 Å². The molecule has 2 amide bonds. The Morgan fingerprint density at radius 1 is 1.03 bits per heavy atom. The minimum atomic E-state index is -0.163. The van der Waals surface area contributed by atoms with E-state index in [0.717, 1.165) is 30.5 Å². The van der Waals surface area contributed by atoms with Crippen LogP contribution in [0.4, 0.5) is 5.69 Å². The fourth-order valence-corrected chi connectivity index (χ4v) is 3.98. The number of amides is 2. The Morgan fingerprint density at radius 2 is 1.69 bits per heavy atom. The minimum Gasteiger partial charge on any atom is -0.484 e. The molecule has 2 atom stereocenters. The largest absolute Gasteiger partial charge is 0.484 e. The molecule has 1 aliphatic rings. The maximum absolute atomic E-state index is 12.6. The van der Waals surface area contributed by atoms with E-state index in [0.29, 0.717) is 11.3 Å². The Bertz CT molecular complexity index is 837. The third kappa shape index (κ3) is 5.17. The van der Waals surface area contributed by atoms with Crippen LogP contribution in [0.1, 0.15) is 56.0 Å². The van der Waals surface area contributed by atoms with Gasteiger partial charge in [0.2, 0.25) is 0 Å². The van der Waals surface area contributed by atoms with Gasteiger partial charge < -0.3 is 15.0 Å². The van der Waals surface area contributed by atoms with Gasteiger partial charge in [0, 0.05) is 23.3 Å². The van der Waals surface area contributed by atoms with E-state index in [1.807, 2.05) is 29.2 Å². The lowest BCUT2D eigenvalue weighted by molar-refractivity contribution is -0.139. The number of hydrogen-bond donors (Lipinski definition) is 1. The van der Waals surface area contributed by atoms with Gasteiger partial charge in [0.15, 0.2) is 6.61 Å². The molecular weight excluding hydrogens is 364 g/mol. The Morgan fingerprint density at radius 3 is 2.34 bits per heavy atom. The first kappa shape index (κ1) is 20.9. The molecule has 1 fully saturated rings. The molecule has 2 aromatic carbocycles. The SMILES string of the molecule is CCc1ccccc1NC(=O)c1ccc(OCC(=O)N2C(C)CCCC2C)cc1. The zero-order valence-electron chi connectivity index (χ0n) is 17.5. The van der Waals surface area contributed by atoms with Crippen molar-refractivity contribution in [2.45, 2.75) is 58.5 Å². The summed E-state index contributed by atoms with van der Waals surface area (Å²) in [4.78, 5) is 27.0. The summed E-state index contributed by atoms with van der Waals surface area (Å²) in [7, 11) is 0. The molecule has 0 aliphatic carbocycles. The number of nitrogens with zero attached hydrogens (tertiary/aromatic N) is 1. The highest BCUT2D eigenvalue weighted by molar-refractivity contribution is 6.04. The molecule has 0 spiro atoms. The second-order valence-electron chi connectivity index (χ2n) is 7.71. The second-order valence-corrected chi connectivity index (χ2v) is 7.71. The Balaban J connectivity index is 1.57. The number of para-hydroxylation sites is 1. The van der Waals surface area contributed by atoms with Crippen LogP contribution in [0.3, 0.4) is 0 Å². The number of aryl methyl sites for hydroxylation is 1. The normalized spacial score (nSPS) is 18.9. The van der Waals surface area contributed by atoms with E-state index < -0.39 is 0 Å². The van der Waals surface area contributed by atoms with Crippen LogP contribution in [0.5, 0.6) is 5.75 Å². The van der Waals surface area contributed by atoms with Crippen molar-refractivity contribution in [1.82, 2.24) is 4.90 Å². The zero-order valence-corrected chi connectivity index (χ0v) is 17.5. The number of hydrogen-bond acceptors (Lipinski definition) is 3. The third-order valence-corrected chi connectivity index (χ3v) is 5.61. The van der Waals surface area contributed by atoms with Crippen molar-refractivity contribution in [2.75, 3.05) is 11.9 Å². The molecule has 0 aromatic heterocycles. The van der Waals surface area contributed by atoms with Gasteiger partial charge in [-0.15, -0.1) is 0 Å². The lowest BCUT2D eigenvalue weighted by Gasteiger charge is -2.38. The van der Waals surface area contributed by atoms with Crippen LogP contribution in [-0.4, -0.2) is 35.4 Å². The van der Waals surface area contributed by atoms with Crippen molar-refractivity contribution in [3.8, 4) is 5.75 Å². The molecule has 1 aliphatic heterocycles. The van der Waals surface area contributed by atoms with Gasteiger partial charge in [-0.05, 0) is 75.4 Å². The highest BCUT2D eigenvalue weighted by atomic mass is 16.5. The maximum Gasteiger partial charge on any atom is 0.260 e. The van der Waals surface area contributed by atoms with E-state index in [1.54, 1.807) is 24.3 Å². The van der Waals surface area contributed by atoms with Gasteiger partial charge in [-0.1, -0.05) is 25.1 Å². The summed E-state index contributed by atoms with van der Waals surface area (Å²) in [5.74, 6) is 0.438. The summed E-state index contributed by atoms with van der Waals surface area (Å²) in [5, 5.41) is 2.96. The summed E-state index contributed by atoms with van der Waals surface area (Å²) in [5.41, 5.74) is 2.48. The van der Waals surface area contributed by atoms with Gasteiger partial charge in [0.1, 0.15) is 5.75 Å². The van der Waals surface area contributed by atoms with Gasteiger partial charge in [0.05, 0.1) is 0 Å². The fourth-order valence-electron chi connectivity index (χ4n) is 3.98. The highest BCUT2D eigenvalue weighted by Crippen LogP contribution is 2.23. The first-order valence-corrected chi connectivity index (χ1v) is 10.4. The summed E-state index contributed by atoms with van der Waals surface area (Å²) >= 11 is 0. The molecule has 0 bridgehead atoms. The van der Waals surface area contributed by atoms with Crippen molar-refractivity contribution in [3.63, 3.8) is 0 Å². The Kier molecular flexibility index (Phi) is 6.91. The standard InChI is InChI=1S/C24H30N2O3/c1-4-19-10-5-6-11-22(19)25-24(28)20-12-14-21(15-13-20)29-16-23(27)26-17(2)8-7-9-18(26)3/h5-6,10-15,17-18H,4,7-9,16H2,1-3H3,(H,25,28). The third-order valence-electron chi connectivity index (χ3n) is 5.61. The van der Waals surface area contributed by atoms with Gasteiger partial charge in [-0.3, -0.25) is 9.59 Å². The number of nitrogens with one attached hydrogen (secondary N) is 1. The molecule has 5 nitrogen and oxygen atoms in total. The smallest absolute Gasteiger partial charge is 0.260 e. The molecule has 29 heavy (non-hydrogen) atoms. The van der Waals surface area contributed by atoms with Crippen LogP contribution in [0.25, 0.3) is 0 Å². The summed E-state index contributed by atoms with van der Waals surface area (Å²) in [6, 6.07) is 15.2. The number of likely N-dealkylation sites (tertiary alicyclic amines) is 1. The van der Waals surface area contributed by atoms with Crippen molar-refractivity contribution >= 4 is 17.5 Å². The van der Waals surface area contributed by atoms with Crippen molar-refractivity contribution < 1.29 is 14.3 Å². The number of ether oxygens (including phenoxy) is 1. The quantitative estimate of drug-likeness (QED) is 0.775. The molecule has 1 heterocycles. The number of carbonyl (C=O) groups excluding carboxylic acids is 2. The van der Waals surface area contributed by atoms with Crippen LogP contribution in [0, 0.1) is 0 Å². The molecule has 2 unspecified atom stereocenters. The highest BCUT2D eigenvalue weighted by Gasteiger charge is 2.28. The lowest BCUT2D eigenvalue weighted by Crippen LogP contribution is -2.49. The first-order valence-electron chi connectivity index (χ1n) is 10.4. The molecule has 5 heteroatoms. The monoisotopic (exact) mass is 394 g/mol. The summed E-state index contributed by atoms with van der Waals surface area (Å²) in [6.07, 6.45) is 4.10. The Hall–Kier alpha value is -2.82. The average molecular weight is 395 g/mol.